The summed E-state index contributed by atoms with van der Waals surface area (Å²) >= 11 is 0. The molecule has 5 heteroatoms. The molecular weight excluding hydrogens is 243 g/mol. The van der Waals surface area contributed by atoms with Gasteiger partial charge < -0.3 is 5.73 Å². The number of rotatable bonds is 2. The minimum absolute atomic E-state index is 0.155. The van der Waals surface area contributed by atoms with Crippen molar-refractivity contribution in [3.05, 3.63) is 29.8 Å². The highest BCUT2D eigenvalue weighted by Gasteiger charge is 2.22. The van der Waals surface area contributed by atoms with Crippen molar-refractivity contribution in [1.82, 2.24) is 14.8 Å². The van der Waals surface area contributed by atoms with Crippen LogP contribution in [-0.4, -0.2) is 14.8 Å². The van der Waals surface area contributed by atoms with Crippen LogP contribution in [0.1, 0.15) is 37.4 Å². The number of aryl methyl sites for hydroxylation is 1. The Balaban J connectivity index is 1.97. The summed E-state index contributed by atoms with van der Waals surface area (Å²) in [6.45, 7) is 0. The summed E-state index contributed by atoms with van der Waals surface area (Å²) < 4.78 is 15.2. The standard InChI is InChI=1S/C14H17FN4/c1-19-14(10-6-7-12(16)11(15)8-10)17-13(18-19)9-4-2-3-5-9/h6-9H,2-5,16H2,1H3. The summed E-state index contributed by atoms with van der Waals surface area (Å²) in [5.41, 5.74) is 6.36. The zero-order valence-electron chi connectivity index (χ0n) is 10.9. The molecule has 0 atom stereocenters. The average Bonchev–Trinajstić information content (AvgIpc) is 3.01. The number of aromatic nitrogens is 3. The molecule has 0 saturated heterocycles. The van der Waals surface area contributed by atoms with Crippen LogP contribution < -0.4 is 5.73 Å². The van der Waals surface area contributed by atoms with Gasteiger partial charge in [0.1, 0.15) is 5.82 Å². The van der Waals surface area contributed by atoms with Crippen LogP contribution in [0.3, 0.4) is 0 Å². The van der Waals surface area contributed by atoms with Gasteiger partial charge in [-0.25, -0.2) is 14.1 Å². The molecule has 1 fully saturated rings. The van der Waals surface area contributed by atoms with Gasteiger partial charge in [0.05, 0.1) is 5.69 Å². The first-order chi connectivity index (χ1) is 9.15. The molecule has 1 aromatic heterocycles. The molecule has 0 bridgehead atoms. The highest BCUT2D eigenvalue weighted by Crippen LogP contribution is 2.33. The zero-order valence-corrected chi connectivity index (χ0v) is 10.9. The van der Waals surface area contributed by atoms with E-state index in [9.17, 15) is 4.39 Å². The quantitative estimate of drug-likeness (QED) is 0.845. The Labute approximate surface area is 111 Å². The van der Waals surface area contributed by atoms with Crippen LogP contribution in [0.25, 0.3) is 11.4 Å². The van der Waals surface area contributed by atoms with Gasteiger partial charge in [0.15, 0.2) is 11.6 Å². The van der Waals surface area contributed by atoms with Crippen molar-refractivity contribution >= 4 is 5.69 Å². The average molecular weight is 260 g/mol. The monoisotopic (exact) mass is 260 g/mol. The van der Waals surface area contributed by atoms with Crippen molar-refractivity contribution in [2.45, 2.75) is 31.6 Å². The van der Waals surface area contributed by atoms with Gasteiger partial charge >= 0.3 is 0 Å². The second-order valence-electron chi connectivity index (χ2n) is 5.13. The van der Waals surface area contributed by atoms with Crippen molar-refractivity contribution in [2.24, 2.45) is 7.05 Å². The predicted molar refractivity (Wildman–Crippen MR) is 72.0 cm³/mol. The second-order valence-corrected chi connectivity index (χ2v) is 5.13. The summed E-state index contributed by atoms with van der Waals surface area (Å²) in [5.74, 6) is 1.62. The highest BCUT2D eigenvalue weighted by atomic mass is 19.1. The number of hydrogen-bond donors (Lipinski definition) is 1. The summed E-state index contributed by atoms with van der Waals surface area (Å²) in [7, 11) is 1.84. The Morgan fingerprint density at radius 3 is 2.74 bits per heavy atom. The van der Waals surface area contributed by atoms with Gasteiger partial charge in [-0.1, -0.05) is 12.8 Å². The molecule has 2 N–H and O–H groups in total. The van der Waals surface area contributed by atoms with E-state index < -0.39 is 5.82 Å². The highest BCUT2D eigenvalue weighted by molar-refractivity contribution is 5.59. The molecule has 2 aromatic rings. The summed E-state index contributed by atoms with van der Waals surface area (Å²) in [6.07, 6.45) is 4.79. The van der Waals surface area contributed by atoms with Gasteiger partial charge in [0.2, 0.25) is 0 Å². The summed E-state index contributed by atoms with van der Waals surface area (Å²) in [5, 5.41) is 4.47. The number of benzene rings is 1. The molecule has 1 saturated carbocycles. The minimum atomic E-state index is -0.414. The predicted octanol–water partition coefficient (Wildman–Crippen LogP) is 2.86. The number of nitrogens with zero attached hydrogens (tertiary/aromatic N) is 3. The first-order valence-corrected chi connectivity index (χ1v) is 6.61. The summed E-state index contributed by atoms with van der Waals surface area (Å²) in [4.78, 5) is 4.58. The molecule has 0 radical (unpaired) electrons. The van der Waals surface area contributed by atoms with Gasteiger partial charge in [-0.15, -0.1) is 0 Å². The molecule has 1 aliphatic carbocycles. The lowest BCUT2D eigenvalue weighted by molar-refractivity contribution is 0.632. The molecule has 100 valence electrons. The molecule has 1 aliphatic rings. The maximum atomic E-state index is 13.5. The normalized spacial score (nSPS) is 16.1. The maximum absolute atomic E-state index is 13.5. The molecule has 4 nitrogen and oxygen atoms in total. The lowest BCUT2D eigenvalue weighted by Crippen LogP contribution is -1.97. The molecule has 3 rings (SSSR count). The van der Waals surface area contributed by atoms with Crippen molar-refractivity contribution in [2.75, 3.05) is 5.73 Å². The number of hydrogen-bond acceptors (Lipinski definition) is 3. The van der Waals surface area contributed by atoms with Crippen LogP contribution in [0.5, 0.6) is 0 Å². The van der Waals surface area contributed by atoms with Crippen molar-refractivity contribution in [1.29, 1.82) is 0 Å². The van der Waals surface area contributed by atoms with E-state index in [2.05, 4.69) is 10.1 Å². The van der Waals surface area contributed by atoms with E-state index in [-0.39, 0.29) is 5.69 Å². The smallest absolute Gasteiger partial charge is 0.158 e. The van der Waals surface area contributed by atoms with Crippen LogP contribution in [0.4, 0.5) is 10.1 Å². The largest absolute Gasteiger partial charge is 0.396 e. The van der Waals surface area contributed by atoms with Crippen LogP contribution in [-0.2, 0) is 7.05 Å². The van der Waals surface area contributed by atoms with E-state index in [1.54, 1.807) is 16.8 Å². The molecule has 0 spiro atoms. The van der Waals surface area contributed by atoms with Crippen LogP contribution in [0, 0.1) is 5.82 Å². The molecule has 1 aromatic carbocycles. The first-order valence-electron chi connectivity index (χ1n) is 6.61. The Kier molecular flexibility index (Phi) is 2.97. The maximum Gasteiger partial charge on any atom is 0.158 e. The molecular formula is C14H17FN4. The van der Waals surface area contributed by atoms with Gasteiger partial charge in [-0.05, 0) is 31.0 Å². The Morgan fingerprint density at radius 2 is 2.05 bits per heavy atom. The van der Waals surface area contributed by atoms with E-state index in [1.165, 1.54) is 18.9 Å². The van der Waals surface area contributed by atoms with Gasteiger partial charge in [-0.3, -0.25) is 0 Å². The van der Waals surface area contributed by atoms with Crippen LogP contribution in [0.2, 0.25) is 0 Å². The molecule has 1 heterocycles. The molecule has 0 amide bonds. The van der Waals surface area contributed by atoms with Crippen molar-refractivity contribution < 1.29 is 4.39 Å². The van der Waals surface area contributed by atoms with Crippen molar-refractivity contribution in [3.63, 3.8) is 0 Å². The lowest BCUT2D eigenvalue weighted by atomic mass is 10.1. The number of nitrogens with two attached hydrogens (primary N) is 1. The fraction of sp³-hybridized carbons (Fsp3) is 0.429. The first kappa shape index (κ1) is 12.1. The number of nitrogen functional groups attached to an aromatic ring is 1. The third-order valence-corrected chi connectivity index (χ3v) is 3.76. The van der Waals surface area contributed by atoms with Crippen LogP contribution in [0.15, 0.2) is 18.2 Å². The minimum Gasteiger partial charge on any atom is -0.396 e. The van der Waals surface area contributed by atoms with E-state index in [4.69, 9.17) is 5.73 Å². The Bertz CT molecular complexity index is 599. The Hall–Kier alpha value is -1.91. The van der Waals surface area contributed by atoms with E-state index >= 15 is 0 Å². The third kappa shape index (κ3) is 2.20. The van der Waals surface area contributed by atoms with Crippen molar-refractivity contribution in [3.8, 4) is 11.4 Å². The van der Waals surface area contributed by atoms with Gasteiger partial charge in [-0.2, -0.15) is 5.10 Å². The Morgan fingerprint density at radius 1 is 1.32 bits per heavy atom. The van der Waals surface area contributed by atoms with E-state index in [0.717, 1.165) is 18.7 Å². The number of anilines is 1. The third-order valence-electron chi connectivity index (χ3n) is 3.76. The van der Waals surface area contributed by atoms with E-state index in [0.29, 0.717) is 17.3 Å². The van der Waals surface area contributed by atoms with Gasteiger partial charge in [0, 0.05) is 18.5 Å². The second kappa shape index (κ2) is 4.64. The fourth-order valence-electron chi connectivity index (χ4n) is 2.68. The van der Waals surface area contributed by atoms with Gasteiger partial charge in [0.25, 0.3) is 0 Å². The fourth-order valence-corrected chi connectivity index (χ4v) is 2.68. The lowest BCUT2D eigenvalue weighted by Gasteiger charge is -2.02. The topological polar surface area (TPSA) is 56.7 Å². The molecule has 19 heavy (non-hydrogen) atoms. The molecule has 0 aliphatic heterocycles. The van der Waals surface area contributed by atoms with E-state index in [1.807, 2.05) is 7.05 Å². The van der Waals surface area contributed by atoms with Crippen LogP contribution >= 0.6 is 0 Å². The number of halogens is 1. The summed E-state index contributed by atoms with van der Waals surface area (Å²) in [6, 6.07) is 4.76. The molecule has 0 unspecified atom stereocenters. The zero-order chi connectivity index (χ0) is 13.4. The SMILES string of the molecule is Cn1nc(C2CCCC2)nc1-c1ccc(N)c(F)c1.